The number of nitrogens with two attached hydrogens (primary N) is 1. The van der Waals surface area contributed by atoms with E-state index in [9.17, 15) is 0 Å². The van der Waals surface area contributed by atoms with Crippen LogP contribution in [0, 0.1) is 0 Å². The highest BCUT2D eigenvalue weighted by Crippen LogP contribution is 2.20. The summed E-state index contributed by atoms with van der Waals surface area (Å²) in [6.07, 6.45) is 9.76. The van der Waals surface area contributed by atoms with Crippen molar-refractivity contribution in [2.45, 2.75) is 51.1 Å². The summed E-state index contributed by atoms with van der Waals surface area (Å²) in [7, 11) is 0. The molecule has 2 rings (SSSR count). The van der Waals surface area contributed by atoms with Crippen LogP contribution < -0.4 is 11.1 Å². The molecule has 94 valence electrons. The summed E-state index contributed by atoms with van der Waals surface area (Å²) < 4.78 is 0. The SMILES string of the molecule is CC(NC(N)=NC1CCCCC1)c1ncc[nH]1. The number of aromatic nitrogens is 2. The molecule has 5 nitrogen and oxygen atoms in total. The van der Waals surface area contributed by atoms with Crippen molar-refractivity contribution in [2.75, 3.05) is 0 Å². The zero-order valence-electron chi connectivity index (χ0n) is 10.3. The number of guanidine groups is 1. The molecule has 0 aromatic carbocycles. The van der Waals surface area contributed by atoms with Crippen molar-refractivity contribution >= 4 is 5.96 Å². The minimum absolute atomic E-state index is 0.0670. The zero-order valence-corrected chi connectivity index (χ0v) is 10.3. The summed E-state index contributed by atoms with van der Waals surface area (Å²) in [5, 5.41) is 3.16. The highest BCUT2D eigenvalue weighted by Gasteiger charge is 2.13. The number of aliphatic imine (C=N–C) groups is 1. The molecule has 0 bridgehead atoms. The molecule has 1 saturated carbocycles. The van der Waals surface area contributed by atoms with E-state index in [-0.39, 0.29) is 6.04 Å². The molecule has 0 aliphatic heterocycles. The molecule has 0 saturated heterocycles. The highest BCUT2D eigenvalue weighted by molar-refractivity contribution is 5.78. The summed E-state index contributed by atoms with van der Waals surface area (Å²) in [4.78, 5) is 11.8. The van der Waals surface area contributed by atoms with Crippen LogP contribution in [0.4, 0.5) is 0 Å². The van der Waals surface area contributed by atoms with Crippen LogP contribution in [0.15, 0.2) is 17.4 Å². The molecule has 5 heteroatoms. The Morgan fingerprint density at radius 1 is 1.53 bits per heavy atom. The number of aromatic amines is 1. The van der Waals surface area contributed by atoms with Gasteiger partial charge in [-0.2, -0.15) is 0 Å². The quantitative estimate of drug-likeness (QED) is 0.551. The molecule has 1 aliphatic carbocycles. The fourth-order valence-electron chi connectivity index (χ4n) is 2.25. The Morgan fingerprint density at radius 2 is 2.29 bits per heavy atom. The van der Waals surface area contributed by atoms with Gasteiger partial charge in [-0.3, -0.25) is 4.99 Å². The molecule has 0 radical (unpaired) electrons. The molecule has 1 aliphatic rings. The summed E-state index contributed by atoms with van der Waals surface area (Å²) in [6, 6.07) is 0.470. The lowest BCUT2D eigenvalue weighted by molar-refractivity contribution is 0.441. The number of nitrogens with one attached hydrogen (secondary N) is 2. The maximum absolute atomic E-state index is 5.91. The Hall–Kier alpha value is -1.52. The van der Waals surface area contributed by atoms with E-state index in [1.807, 2.05) is 13.1 Å². The normalized spacial score (nSPS) is 20.2. The van der Waals surface area contributed by atoms with Crippen LogP contribution in [0.5, 0.6) is 0 Å². The zero-order chi connectivity index (χ0) is 12.1. The standard InChI is InChI=1S/C12H21N5/c1-9(11-14-7-8-15-11)16-12(13)17-10-5-3-2-4-6-10/h7-10H,2-6H2,1H3,(H,14,15)(H3,13,16,17). The Kier molecular flexibility index (Phi) is 4.01. The number of hydrogen-bond acceptors (Lipinski definition) is 2. The molecular weight excluding hydrogens is 214 g/mol. The van der Waals surface area contributed by atoms with E-state index in [1.54, 1.807) is 6.20 Å². The van der Waals surface area contributed by atoms with Gasteiger partial charge >= 0.3 is 0 Å². The maximum atomic E-state index is 5.91. The first-order chi connectivity index (χ1) is 8.25. The average molecular weight is 235 g/mol. The van der Waals surface area contributed by atoms with E-state index < -0.39 is 0 Å². The van der Waals surface area contributed by atoms with Gasteiger partial charge < -0.3 is 16.0 Å². The summed E-state index contributed by atoms with van der Waals surface area (Å²) in [6.45, 7) is 2.02. The third-order valence-corrected chi connectivity index (χ3v) is 3.19. The number of hydrogen-bond donors (Lipinski definition) is 3. The van der Waals surface area contributed by atoms with E-state index in [1.165, 1.54) is 19.3 Å². The first kappa shape index (κ1) is 12.0. The molecule has 4 N–H and O–H groups in total. The molecule has 1 atom stereocenters. The second kappa shape index (κ2) is 5.70. The molecule has 1 heterocycles. The van der Waals surface area contributed by atoms with Crippen LogP contribution in [-0.2, 0) is 0 Å². The van der Waals surface area contributed by atoms with Crippen molar-refractivity contribution in [1.29, 1.82) is 0 Å². The van der Waals surface area contributed by atoms with Crippen LogP contribution in [0.2, 0.25) is 0 Å². The largest absolute Gasteiger partial charge is 0.370 e. The lowest BCUT2D eigenvalue weighted by atomic mass is 9.96. The monoisotopic (exact) mass is 235 g/mol. The molecule has 1 fully saturated rings. The van der Waals surface area contributed by atoms with Crippen molar-refractivity contribution in [3.63, 3.8) is 0 Å². The Morgan fingerprint density at radius 3 is 2.94 bits per heavy atom. The van der Waals surface area contributed by atoms with Crippen molar-refractivity contribution in [3.05, 3.63) is 18.2 Å². The predicted octanol–water partition coefficient (Wildman–Crippen LogP) is 1.71. The smallest absolute Gasteiger partial charge is 0.189 e. The van der Waals surface area contributed by atoms with Gasteiger partial charge in [0, 0.05) is 12.4 Å². The van der Waals surface area contributed by atoms with Gasteiger partial charge in [0.1, 0.15) is 5.82 Å². The van der Waals surface area contributed by atoms with Gasteiger partial charge in [0.2, 0.25) is 0 Å². The van der Waals surface area contributed by atoms with E-state index in [0.717, 1.165) is 18.7 Å². The number of nitrogens with zero attached hydrogens (tertiary/aromatic N) is 2. The van der Waals surface area contributed by atoms with Crippen LogP contribution in [0.1, 0.15) is 50.9 Å². The van der Waals surface area contributed by atoms with Crippen molar-refractivity contribution in [3.8, 4) is 0 Å². The first-order valence-electron chi connectivity index (χ1n) is 6.35. The second-order valence-electron chi connectivity index (χ2n) is 4.65. The number of imidazole rings is 1. The fraction of sp³-hybridized carbons (Fsp3) is 0.667. The lowest BCUT2D eigenvalue weighted by Crippen LogP contribution is -2.35. The van der Waals surface area contributed by atoms with Gasteiger partial charge in [-0.15, -0.1) is 0 Å². The van der Waals surface area contributed by atoms with Crippen LogP contribution in [-0.4, -0.2) is 22.0 Å². The Labute approximate surface area is 102 Å². The first-order valence-corrected chi connectivity index (χ1v) is 6.35. The van der Waals surface area contributed by atoms with E-state index in [4.69, 9.17) is 5.73 Å². The highest BCUT2D eigenvalue weighted by atomic mass is 15.1. The summed E-state index contributed by atoms with van der Waals surface area (Å²) >= 11 is 0. The molecular formula is C12H21N5. The Bertz CT molecular complexity index is 351. The molecule has 0 spiro atoms. The predicted molar refractivity (Wildman–Crippen MR) is 68.6 cm³/mol. The second-order valence-corrected chi connectivity index (χ2v) is 4.65. The van der Waals surface area contributed by atoms with Crippen LogP contribution in [0.25, 0.3) is 0 Å². The van der Waals surface area contributed by atoms with Gasteiger partial charge in [-0.05, 0) is 19.8 Å². The van der Waals surface area contributed by atoms with Crippen molar-refractivity contribution < 1.29 is 0 Å². The fourth-order valence-corrected chi connectivity index (χ4v) is 2.25. The molecule has 1 aromatic heterocycles. The number of rotatable bonds is 3. The van der Waals surface area contributed by atoms with Gasteiger partial charge in [-0.1, -0.05) is 19.3 Å². The Balaban J connectivity index is 1.87. The van der Waals surface area contributed by atoms with Gasteiger partial charge in [0.05, 0.1) is 12.1 Å². The van der Waals surface area contributed by atoms with E-state index in [2.05, 4.69) is 20.3 Å². The molecule has 1 aromatic rings. The summed E-state index contributed by atoms with van der Waals surface area (Å²) in [5.74, 6) is 1.41. The average Bonchev–Trinajstić information content (AvgIpc) is 2.83. The molecule has 0 amide bonds. The topological polar surface area (TPSA) is 79.1 Å². The van der Waals surface area contributed by atoms with E-state index >= 15 is 0 Å². The van der Waals surface area contributed by atoms with Crippen molar-refractivity contribution in [1.82, 2.24) is 15.3 Å². The van der Waals surface area contributed by atoms with Gasteiger partial charge in [-0.25, -0.2) is 4.98 Å². The molecule has 17 heavy (non-hydrogen) atoms. The maximum Gasteiger partial charge on any atom is 0.189 e. The molecule has 1 unspecified atom stereocenters. The van der Waals surface area contributed by atoms with Crippen molar-refractivity contribution in [2.24, 2.45) is 10.7 Å². The van der Waals surface area contributed by atoms with Gasteiger partial charge in [0.25, 0.3) is 0 Å². The van der Waals surface area contributed by atoms with Crippen LogP contribution in [0.3, 0.4) is 0 Å². The van der Waals surface area contributed by atoms with Crippen LogP contribution >= 0.6 is 0 Å². The third kappa shape index (κ3) is 3.47. The minimum Gasteiger partial charge on any atom is -0.370 e. The lowest BCUT2D eigenvalue weighted by Gasteiger charge is -2.19. The van der Waals surface area contributed by atoms with Gasteiger partial charge in [0.15, 0.2) is 5.96 Å². The number of H-pyrrole nitrogens is 1. The third-order valence-electron chi connectivity index (χ3n) is 3.19. The van der Waals surface area contributed by atoms with E-state index in [0.29, 0.717) is 12.0 Å². The minimum atomic E-state index is 0.0670. The summed E-state index contributed by atoms with van der Waals surface area (Å²) in [5.41, 5.74) is 5.91.